The molecule has 0 bridgehead atoms. The molecule has 0 saturated carbocycles. The maximum Gasteiger partial charge on any atom is 0.314 e. The fraction of sp³-hybridized carbons (Fsp3) is 0.778. The second-order valence-electron chi connectivity index (χ2n) is 3.68. The van der Waals surface area contributed by atoms with Gasteiger partial charge in [0.15, 0.2) is 11.4 Å². The van der Waals surface area contributed by atoms with Crippen molar-refractivity contribution in [1.82, 2.24) is 5.06 Å². The quantitative estimate of drug-likeness (QED) is 0.436. The van der Waals surface area contributed by atoms with E-state index in [9.17, 15) is 9.59 Å². The minimum Gasteiger partial charge on any atom is -0.451 e. The van der Waals surface area contributed by atoms with E-state index in [1.807, 2.05) is 0 Å². The highest BCUT2D eigenvalue weighted by atomic mass is 16.7. The number of hydrogen-bond donors (Lipinski definition) is 0. The van der Waals surface area contributed by atoms with Crippen molar-refractivity contribution in [2.45, 2.75) is 24.9 Å². The van der Waals surface area contributed by atoms with Crippen molar-refractivity contribution >= 4 is 11.8 Å². The van der Waals surface area contributed by atoms with Crippen LogP contribution in [-0.4, -0.2) is 42.6 Å². The van der Waals surface area contributed by atoms with E-state index >= 15 is 0 Å². The van der Waals surface area contributed by atoms with Crippen LogP contribution in [0.1, 0.15) is 19.3 Å². The van der Waals surface area contributed by atoms with E-state index in [0.29, 0.717) is 25.9 Å². The van der Waals surface area contributed by atoms with Gasteiger partial charge in [0.2, 0.25) is 0 Å². The van der Waals surface area contributed by atoms with Gasteiger partial charge in [-0.15, -0.1) is 0 Å². The molecule has 2 aliphatic heterocycles. The van der Waals surface area contributed by atoms with Crippen molar-refractivity contribution in [2.75, 3.05) is 20.2 Å². The lowest BCUT2D eigenvalue weighted by Crippen LogP contribution is -2.47. The van der Waals surface area contributed by atoms with Gasteiger partial charge in [-0.3, -0.25) is 9.59 Å². The second kappa shape index (κ2) is 3.33. The summed E-state index contributed by atoms with van der Waals surface area (Å²) in [7, 11) is 1.60. The Morgan fingerprint density at radius 1 is 1.36 bits per heavy atom. The molecule has 0 N–H and O–H groups in total. The van der Waals surface area contributed by atoms with Gasteiger partial charge in [0, 0.05) is 25.9 Å². The Morgan fingerprint density at radius 3 is 2.43 bits per heavy atom. The van der Waals surface area contributed by atoms with Crippen molar-refractivity contribution in [3.8, 4) is 0 Å². The number of piperidine rings is 1. The minimum atomic E-state index is -0.827. The van der Waals surface area contributed by atoms with Crippen LogP contribution in [0.15, 0.2) is 0 Å². The molecule has 2 fully saturated rings. The van der Waals surface area contributed by atoms with Gasteiger partial charge in [0.25, 0.3) is 0 Å². The fourth-order valence-electron chi connectivity index (χ4n) is 2.01. The largest absolute Gasteiger partial charge is 0.451 e. The van der Waals surface area contributed by atoms with Crippen LogP contribution >= 0.6 is 0 Å². The van der Waals surface area contributed by atoms with E-state index in [4.69, 9.17) is 9.57 Å². The summed E-state index contributed by atoms with van der Waals surface area (Å²) in [6.07, 6.45) is 1.03. The number of ketones is 1. The van der Waals surface area contributed by atoms with Crippen molar-refractivity contribution in [2.24, 2.45) is 0 Å². The molecule has 0 atom stereocenters. The Kier molecular flexibility index (Phi) is 2.28. The van der Waals surface area contributed by atoms with Gasteiger partial charge in [-0.05, 0) is 0 Å². The summed E-state index contributed by atoms with van der Waals surface area (Å²) in [5, 5.41) is 1.77. The molecule has 2 rings (SSSR count). The van der Waals surface area contributed by atoms with Crippen LogP contribution in [0.25, 0.3) is 0 Å². The number of hydroxylamine groups is 2. The molecule has 78 valence electrons. The molecule has 5 heteroatoms. The molecule has 2 saturated heterocycles. The van der Waals surface area contributed by atoms with Gasteiger partial charge >= 0.3 is 5.97 Å². The summed E-state index contributed by atoms with van der Waals surface area (Å²) in [6, 6.07) is 0. The molecule has 0 aromatic heterocycles. The monoisotopic (exact) mass is 199 g/mol. The molecule has 0 aliphatic carbocycles. The average molecular weight is 199 g/mol. The third kappa shape index (κ3) is 1.42. The van der Waals surface area contributed by atoms with Crippen LogP contribution in [0.5, 0.6) is 0 Å². The third-order valence-corrected chi connectivity index (χ3v) is 2.91. The van der Waals surface area contributed by atoms with E-state index in [2.05, 4.69) is 0 Å². The van der Waals surface area contributed by atoms with E-state index in [1.165, 1.54) is 0 Å². The molecule has 0 radical (unpaired) electrons. The Bertz CT molecular complexity index is 268. The molecular weight excluding hydrogens is 186 g/mol. The van der Waals surface area contributed by atoms with Crippen molar-refractivity contribution in [1.29, 1.82) is 0 Å². The number of hydrogen-bond acceptors (Lipinski definition) is 5. The SMILES string of the molecule is CON1CCC2(CC1)OC(=O)CC2=O. The Morgan fingerprint density at radius 2 is 2.00 bits per heavy atom. The predicted molar refractivity (Wildman–Crippen MR) is 46.3 cm³/mol. The number of carbonyl (C=O) groups is 2. The maximum atomic E-state index is 11.6. The zero-order chi connectivity index (χ0) is 10.2. The molecule has 0 unspecified atom stereocenters. The average Bonchev–Trinajstić information content (AvgIpc) is 2.43. The highest BCUT2D eigenvalue weighted by Crippen LogP contribution is 2.33. The highest BCUT2D eigenvalue weighted by molar-refractivity contribution is 6.06. The lowest BCUT2D eigenvalue weighted by atomic mass is 9.88. The Labute approximate surface area is 81.9 Å². The summed E-state index contributed by atoms with van der Waals surface area (Å²) >= 11 is 0. The normalized spacial score (nSPS) is 26.9. The van der Waals surface area contributed by atoms with Crippen molar-refractivity contribution in [3.63, 3.8) is 0 Å². The zero-order valence-corrected chi connectivity index (χ0v) is 8.12. The highest BCUT2D eigenvalue weighted by Gasteiger charge is 2.50. The number of esters is 1. The first kappa shape index (κ1) is 9.61. The molecule has 14 heavy (non-hydrogen) atoms. The van der Waals surface area contributed by atoms with Gasteiger partial charge in [0.05, 0.1) is 7.11 Å². The summed E-state index contributed by atoms with van der Waals surface area (Å²) in [6.45, 7) is 1.27. The number of carbonyl (C=O) groups excluding carboxylic acids is 2. The first-order chi connectivity index (χ1) is 6.66. The fourth-order valence-corrected chi connectivity index (χ4v) is 2.01. The van der Waals surface area contributed by atoms with Gasteiger partial charge < -0.3 is 9.57 Å². The van der Waals surface area contributed by atoms with E-state index < -0.39 is 5.60 Å². The summed E-state index contributed by atoms with van der Waals surface area (Å²) in [4.78, 5) is 27.6. The molecule has 0 amide bonds. The third-order valence-electron chi connectivity index (χ3n) is 2.91. The van der Waals surface area contributed by atoms with Gasteiger partial charge in [0.1, 0.15) is 6.42 Å². The molecule has 2 heterocycles. The Balaban J connectivity index is 2.05. The van der Waals surface area contributed by atoms with E-state index in [-0.39, 0.29) is 18.2 Å². The van der Waals surface area contributed by atoms with Crippen LogP contribution < -0.4 is 0 Å². The second-order valence-corrected chi connectivity index (χ2v) is 3.68. The summed E-state index contributed by atoms with van der Waals surface area (Å²) in [5.41, 5.74) is -0.827. The van der Waals surface area contributed by atoms with Crippen LogP contribution in [-0.2, 0) is 19.2 Å². The minimum absolute atomic E-state index is 0.0625. The molecule has 1 spiro atoms. The van der Waals surface area contributed by atoms with Gasteiger partial charge in [-0.25, -0.2) is 0 Å². The first-order valence-electron chi connectivity index (χ1n) is 4.70. The summed E-state index contributed by atoms with van der Waals surface area (Å²) in [5.74, 6) is -0.459. The van der Waals surface area contributed by atoms with Crippen LogP contribution in [0, 0.1) is 0 Å². The van der Waals surface area contributed by atoms with E-state index in [1.54, 1.807) is 12.2 Å². The van der Waals surface area contributed by atoms with Crippen LogP contribution in [0.2, 0.25) is 0 Å². The van der Waals surface area contributed by atoms with Gasteiger partial charge in [-0.2, -0.15) is 5.06 Å². The van der Waals surface area contributed by atoms with E-state index in [0.717, 1.165) is 0 Å². The van der Waals surface area contributed by atoms with Crippen molar-refractivity contribution < 1.29 is 19.2 Å². The number of ether oxygens (including phenoxy) is 1. The molecule has 2 aliphatic rings. The number of nitrogens with zero attached hydrogens (tertiary/aromatic N) is 1. The molecule has 5 nitrogen and oxygen atoms in total. The summed E-state index contributed by atoms with van der Waals surface area (Å²) < 4.78 is 5.12. The number of Topliss-reactive ketones (excluding diaryl/α,β-unsaturated/α-hetero) is 1. The van der Waals surface area contributed by atoms with Gasteiger partial charge in [-0.1, -0.05) is 0 Å². The van der Waals surface area contributed by atoms with Crippen LogP contribution in [0.3, 0.4) is 0 Å². The smallest absolute Gasteiger partial charge is 0.314 e. The maximum absolute atomic E-state index is 11.6. The standard InChI is InChI=1S/C9H13NO4/c1-13-10-4-2-9(3-5-10)7(11)6-8(12)14-9/h2-6H2,1H3. The lowest BCUT2D eigenvalue weighted by molar-refractivity contribution is -0.184. The van der Waals surface area contributed by atoms with Crippen LogP contribution in [0.4, 0.5) is 0 Å². The topological polar surface area (TPSA) is 55.8 Å². The molecular formula is C9H13NO4. The predicted octanol–water partition coefficient (Wildman–Crippen LogP) is -0.102. The van der Waals surface area contributed by atoms with Crippen molar-refractivity contribution in [3.05, 3.63) is 0 Å². The lowest BCUT2D eigenvalue weighted by Gasteiger charge is -2.35. The first-order valence-corrected chi connectivity index (χ1v) is 4.70. The number of rotatable bonds is 1. The Hall–Kier alpha value is -0.940. The molecule has 0 aromatic rings. The molecule has 0 aromatic carbocycles. The zero-order valence-electron chi connectivity index (χ0n) is 8.12.